The molecule has 1 aliphatic heterocycles. The van der Waals surface area contributed by atoms with Crippen LogP contribution in [0.5, 0.6) is 5.75 Å². The second-order valence-corrected chi connectivity index (χ2v) is 5.41. The Hall–Kier alpha value is -1.85. The average molecular weight is 322 g/mol. The van der Waals surface area contributed by atoms with Crippen LogP contribution < -0.4 is 15.4 Å². The Morgan fingerprint density at radius 3 is 2.82 bits per heavy atom. The van der Waals surface area contributed by atoms with Gasteiger partial charge in [0.25, 0.3) is 5.91 Å². The van der Waals surface area contributed by atoms with Crippen LogP contribution in [-0.4, -0.2) is 37.6 Å². The summed E-state index contributed by atoms with van der Waals surface area (Å²) in [6.07, 6.45) is 0. The first-order chi connectivity index (χ1) is 10.2. The van der Waals surface area contributed by atoms with Gasteiger partial charge in [-0.25, -0.2) is 0 Å². The van der Waals surface area contributed by atoms with Crippen LogP contribution in [0, 0.1) is 12.8 Å². The lowest BCUT2D eigenvalue weighted by Crippen LogP contribution is -2.48. The number of amides is 1. The molecule has 1 aliphatic rings. The molecule has 1 aromatic heterocycles. The van der Waals surface area contributed by atoms with Gasteiger partial charge in [0.1, 0.15) is 5.75 Å². The van der Waals surface area contributed by atoms with E-state index in [1.165, 1.54) is 0 Å². The zero-order chi connectivity index (χ0) is 14.8. The number of halogens is 1. The van der Waals surface area contributed by atoms with Gasteiger partial charge in [0, 0.05) is 37.0 Å². The van der Waals surface area contributed by atoms with Crippen molar-refractivity contribution in [3.05, 3.63) is 35.5 Å². The van der Waals surface area contributed by atoms with Crippen LogP contribution in [0.2, 0.25) is 0 Å². The Kier molecular flexibility index (Phi) is 5.21. The number of pyridine rings is 1. The minimum Gasteiger partial charge on any atom is -0.497 e. The molecule has 2 N–H and O–H groups in total. The van der Waals surface area contributed by atoms with Crippen LogP contribution in [0.3, 0.4) is 0 Å². The fourth-order valence-corrected chi connectivity index (χ4v) is 2.43. The lowest BCUT2D eigenvalue weighted by atomic mass is 10.0. The summed E-state index contributed by atoms with van der Waals surface area (Å²) in [4.78, 5) is 16.8. The number of rotatable bonds is 4. The molecule has 1 fully saturated rings. The van der Waals surface area contributed by atoms with E-state index in [2.05, 4.69) is 15.6 Å². The summed E-state index contributed by atoms with van der Waals surface area (Å²) < 4.78 is 5.20. The molecule has 1 saturated heterocycles. The van der Waals surface area contributed by atoms with Gasteiger partial charge in [-0.1, -0.05) is 0 Å². The van der Waals surface area contributed by atoms with E-state index in [4.69, 9.17) is 4.74 Å². The minimum absolute atomic E-state index is 0. The van der Waals surface area contributed by atoms with Crippen molar-refractivity contribution >= 4 is 29.2 Å². The quantitative estimate of drug-likeness (QED) is 0.903. The van der Waals surface area contributed by atoms with E-state index in [1.54, 1.807) is 7.11 Å². The topological polar surface area (TPSA) is 63.2 Å². The summed E-state index contributed by atoms with van der Waals surface area (Å²) >= 11 is 0. The van der Waals surface area contributed by atoms with Gasteiger partial charge in [-0.2, -0.15) is 0 Å². The van der Waals surface area contributed by atoms with Crippen LogP contribution in [0.15, 0.2) is 24.3 Å². The van der Waals surface area contributed by atoms with Crippen molar-refractivity contribution in [1.29, 1.82) is 0 Å². The third-order valence-electron chi connectivity index (χ3n) is 3.88. The van der Waals surface area contributed by atoms with E-state index in [9.17, 15) is 4.79 Å². The first-order valence-electron chi connectivity index (χ1n) is 7.11. The lowest BCUT2D eigenvalue weighted by Gasteiger charge is -2.27. The molecular weight excluding hydrogens is 302 g/mol. The Morgan fingerprint density at radius 1 is 1.41 bits per heavy atom. The zero-order valence-corrected chi connectivity index (χ0v) is 13.5. The summed E-state index contributed by atoms with van der Waals surface area (Å²) in [5, 5.41) is 7.12. The van der Waals surface area contributed by atoms with Crippen LogP contribution in [0.4, 0.5) is 0 Å². The third-order valence-corrected chi connectivity index (χ3v) is 3.88. The molecule has 1 amide bonds. The number of aromatic nitrogens is 1. The number of fused-ring (bicyclic) bond motifs is 1. The van der Waals surface area contributed by atoms with Crippen LogP contribution >= 0.6 is 12.4 Å². The standard InChI is InChI=1S/C16H19N3O2.ClH/c1-10-14(16(20)18-9-11-7-17-8-11)5-12-3-4-13(21-2)6-15(12)19-10;/h3-6,11,17H,7-9H2,1-2H3,(H,18,20);1H. The Bertz CT molecular complexity index is 686. The van der Waals surface area contributed by atoms with Crippen molar-refractivity contribution < 1.29 is 9.53 Å². The normalized spacial score (nSPS) is 14.1. The molecule has 0 saturated carbocycles. The monoisotopic (exact) mass is 321 g/mol. The molecule has 0 atom stereocenters. The highest BCUT2D eigenvalue weighted by molar-refractivity contribution is 5.98. The highest BCUT2D eigenvalue weighted by Gasteiger charge is 2.18. The molecule has 6 heteroatoms. The zero-order valence-electron chi connectivity index (χ0n) is 12.7. The van der Waals surface area contributed by atoms with Gasteiger partial charge in [-0.3, -0.25) is 9.78 Å². The van der Waals surface area contributed by atoms with Crippen LogP contribution in [-0.2, 0) is 0 Å². The number of ether oxygens (including phenoxy) is 1. The third kappa shape index (κ3) is 3.31. The Balaban J connectivity index is 0.00000176. The van der Waals surface area contributed by atoms with Crippen molar-refractivity contribution in [2.75, 3.05) is 26.7 Å². The summed E-state index contributed by atoms with van der Waals surface area (Å²) in [6.45, 7) is 4.54. The van der Waals surface area contributed by atoms with Gasteiger partial charge >= 0.3 is 0 Å². The smallest absolute Gasteiger partial charge is 0.253 e. The van der Waals surface area contributed by atoms with E-state index in [0.717, 1.165) is 35.4 Å². The molecule has 1 aromatic carbocycles. The van der Waals surface area contributed by atoms with Gasteiger partial charge in [0.15, 0.2) is 0 Å². The highest BCUT2D eigenvalue weighted by Crippen LogP contribution is 2.21. The summed E-state index contributed by atoms with van der Waals surface area (Å²) in [5.74, 6) is 1.26. The summed E-state index contributed by atoms with van der Waals surface area (Å²) in [6, 6.07) is 7.57. The van der Waals surface area contributed by atoms with Crippen LogP contribution in [0.25, 0.3) is 10.9 Å². The number of hydrogen-bond acceptors (Lipinski definition) is 4. The molecule has 0 radical (unpaired) electrons. The van der Waals surface area contributed by atoms with E-state index in [-0.39, 0.29) is 18.3 Å². The molecule has 2 heterocycles. The van der Waals surface area contributed by atoms with Crippen molar-refractivity contribution in [3.63, 3.8) is 0 Å². The van der Waals surface area contributed by atoms with Gasteiger partial charge in [-0.05, 0) is 25.1 Å². The molecule has 3 rings (SSSR count). The second-order valence-electron chi connectivity index (χ2n) is 5.41. The van der Waals surface area contributed by atoms with Gasteiger partial charge < -0.3 is 15.4 Å². The second kappa shape index (κ2) is 6.94. The summed E-state index contributed by atoms with van der Waals surface area (Å²) in [7, 11) is 1.63. The molecule has 0 aliphatic carbocycles. The SMILES string of the molecule is COc1ccc2cc(C(=O)NCC3CNC3)c(C)nc2c1.Cl. The van der Waals surface area contributed by atoms with Gasteiger partial charge in [-0.15, -0.1) is 12.4 Å². The number of methoxy groups -OCH3 is 1. The molecule has 5 nitrogen and oxygen atoms in total. The average Bonchev–Trinajstić information content (AvgIpc) is 2.44. The number of aryl methyl sites for hydroxylation is 1. The lowest BCUT2D eigenvalue weighted by molar-refractivity contribution is 0.0941. The predicted octanol–water partition coefficient (Wildman–Crippen LogP) is 1.92. The van der Waals surface area contributed by atoms with E-state index in [0.29, 0.717) is 18.0 Å². The van der Waals surface area contributed by atoms with E-state index >= 15 is 0 Å². The highest BCUT2D eigenvalue weighted by atomic mass is 35.5. The van der Waals surface area contributed by atoms with Gasteiger partial charge in [0.2, 0.25) is 0 Å². The summed E-state index contributed by atoms with van der Waals surface area (Å²) in [5.41, 5.74) is 2.21. The van der Waals surface area contributed by atoms with Crippen molar-refractivity contribution in [1.82, 2.24) is 15.6 Å². The molecule has 22 heavy (non-hydrogen) atoms. The Labute approximate surface area is 135 Å². The largest absolute Gasteiger partial charge is 0.497 e. The van der Waals surface area contributed by atoms with Crippen LogP contribution in [0.1, 0.15) is 16.1 Å². The first-order valence-corrected chi connectivity index (χ1v) is 7.11. The maximum Gasteiger partial charge on any atom is 0.253 e. The van der Waals surface area contributed by atoms with Crippen molar-refractivity contribution in [3.8, 4) is 5.75 Å². The molecule has 0 spiro atoms. The van der Waals surface area contributed by atoms with E-state index < -0.39 is 0 Å². The number of carbonyl (C=O) groups is 1. The molecule has 0 bridgehead atoms. The van der Waals surface area contributed by atoms with Crippen molar-refractivity contribution in [2.45, 2.75) is 6.92 Å². The van der Waals surface area contributed by atoms with Crippen molar-refractivity contribution in [2.24, 2.45) is 5.92 Å². The number of hydrogen-bond donors (Lipinski definition) is 2. The molecule has 118 valence electrons. The molecule has 0 unspecified atom stereocenters. The maximum absolute atomic E-state index is 12.3. The number of benzene rings is 1. The van der Waals surface area contributed by atoms with E-state index in [1.807, 2.05) is 31.2 Å². The number of nitrogens with zero attached hydrogens (tertiary/aromatic N) is 1. The predicted molar refractivity (Wildman–Crippen MR) is 89.0 cm³/mol. The number of nitrogens with one attached hydrogen (secondary N) is 2. The first kappa shape index (κ1) is 16.5. The Morgan fingerprint density at radius 2 is 2.18 bits per heavy atom. The minimum atomic E-state index is -0.0513. The fraction of sp³-hybridized carbons (Fsp3) is 0.375. The number of carbonyl (C=O) groups excluding carboxylic acids is 1. The maximum atomic E-state index is 12.3. The fourth-order valence-electron chi connectivity index (χ4n) is 2.43. The molecular formula is C16H20ClN3O2. The molecule has 2 aromatic rings. The van der Waals surface area contributed by atoms with Gasteiger partial charge in [0.05, 0.1) is 23.9 Å².